The summed E-state index contributed by atoms with van der Waals surface area (Å²) in [6.07, 6.45) is -0.574. The van der Waals surface area contributed by atoms with Crippen molar-refractivity contribution in [3.63, 3.8) is 0 Å². The molecule has 0 spiro atoms. The second-order valence-electron chi connectivity index (χ2n) is 5.70. The molecule has 5 nitrogen and oxygen atoms in total. The van der Waals surface area contributed by atoms with Crippen LogP contribution in [0.1, 0.15) is 5.56 Å². The number of anilines is 1. The van der Waals surface area contributed by atoms with Gasteiger partial charge in [-0.2, -0.15) is 0 Å². The fraction of sp³-hybridized carbons (Fsp3) is 0.222. The molecule has 1 saturated heterocycles. The molecule has 2 amide bonds. The lowest BCUT2D eigenvalue weighted by atomic mass is 10.1. The Bertz CT molecular complexity index is 763. The van der Waals surface area contributed by atoms with Gasteiger partial charge in [0.25, 0.3) is 0 Å². The van der Waals surface area contributed by atoms with Gasteiger partial charge in [-0.15, -0.1) is 0 Å². The van der Waals surface area contributed by atoms with Crippen LogP contribution >= 0.6 is 23.2 Å². The summed E-state index contributed by atoms with van der Waals surface area (Å²) >= 11 is 11.7. The summed E-state index contributed by atoms with van der Waals surface area (Å²) in [5.41, 5.74) is 1.58. The highest BCUT2D eigenvalue weighted by atomic mass is 35.5. The third kappa shape index (κ3) is 4.65. The molecule has 1 atom stereocenters. The summed E-state index contributed by atoms with van der Waals surface area (Å²) in [6.45, 7) is 0.643. The number of hydrogen-bond acceptors (Lipinski definition) is 3. The molecule has 0 saturated carbocycles. The first kappa shape index (κ1) is 17.6. The molecule has 2 aromatic rings. The van der Waals surface area contributed by atoms with E-state index in [1.807, 2.05) is 0 Å². The van der Waals surface area contributed by atoms with Crippen LogP contribution in [-0.4, -0.2) is 31.2 Å². The van der Waals surface area contributed by atoms with Gasteiger partial charge in [0.1, 0.15) is 6.10 Å². The van der Waals surface area contributed by atoms with Gasteiger partial charge in [0.2, 0.25) is 5.91 Å². The van der Waals surface area contributed by atoms with Crippen molar-refractivity contribution in [2.45, 2.75) is 12.5 Å². The van der Waals surface area contributed by atoms with E-state index in [1.165, 1.54) is 4.90 Å². The molecular formula is C18H16Cl2N2O3. The number of rotatable bonds is 5. The van der Waals surface area contributed by atoms with Crippen LogP contribution < -0.4 is 10.2 Å². The van der Waals surface area contributed by atoms with Crippen LogP contribution in [-0.2, 0) is 16.0 Å². The molecule has 0 aliphatic carbocycles. The predicted octanol–water partition coefficient (Wildman–Crippen LogP) is 3.68. The highest BCUT2D eigenvalue weighted by Crippen LogP contribution is 2.23. The smallest absolute Gasteiger partial charge is 0.414 e. The van der Waals surface area contributed by atoms with Gasteiger partial charge in [0.05, 0.1) is 19.5 Å². The van der Waals surface area contributed by atoms with Gasteiger partial charge in [0.15, 0.2) is 0 Å². The van der Waals surface area contributed by atoms with E-state index in [0.717, 1.165) is 5.56 Å². The van der Waals surface area contributed by atoms with Crippen molar-refractivity contribution in [2.24, 2.45) is 0 Å². The molecule has 25 heavy (non-hydrogen) atoms. The van der Waals surface area contributed by atoms with Crippen molar-refractivity contribution in [2.75, 3.05) is 18.0 Å². The van der Waals surface area contributed by atoms with Gasteiger partial charge in [-0.3, -0.25) is 9.69 Å². The van der Waals surface area contributed by atoms with E-state index >= 15 is 0 Å². The minimum Gasteiger partial charge on any atom is -0.442 e. The second-order valence-corrected chi connectivity index (χ2v) is 6.57. The fourth-order valence-corrected chi connectivity index (χ4v) is 2.79. The summed E-state index contributed by atoms with van der Waals surface area (Å²) in [5.74, 6) is -0.136. The molecule has 0 bridgehead atoms. The molecule has 1 aliphatic heterocycles. The molecule has 1 aliphatic rings. The van der Waals surface area contributed by atoms with Crippen molar-refractivity contribution in [3.05, 3.63) is 64.1 Å². The van der Waals surface area contributed by atoms with Gasteiger partial charge in [0, 0.05) is 15.7 Å². The van der Waals surface area contributed by atoms with E-state index in [-0.39, 0.29) is 18.9 Å². The summed E-state index contributed by atoms with van der Waals surface area (Å²) in [7, 11) is 0. The Hall–Kier alpha value is -2.24. The van der Waals surface area contributed by atoms with E-state index in [2.05, 4.69) is 5.32 Å². The number of nitrogens with zero attached hydrogens (tertiary/aromatic N) is 1. The number of ether oxygens (including phenoxy) is 1. The van der Waals surface area contributed by atoms with Crippen LogP contribution in [0.25, 0.3) is 0 Å². The van der Waals surface area contributed by atoms with Crippen molar-refractivity contribution in [1.29, 1.82) is 0 Å². The van der Waals surface area contributed by atoms with Crippen LogP contribution in [0.2, 0.25) is 10.0 Å². The quantitative estimate of drug-likeness (QED) is 0.862. The molecular weight excluding hydrogens is 363 g/mol. The third-order valence-corrected chi connectivity index (χ3v) is 4.32. The highest BCUT2D eigenvalue weighted by molar-refractivity contribution is 6.30. The Morgan fingerprint density at radius 2 is 1.68 bits per heavy atom. The summed E-state index contributed by atoms with van der Waals surface area (Å²) in [6, 6.07) is 14.0. The molecule has 2 aromatic carbocycles. The highest BCUT2D eigenvalue weighted by Gasteiger charge is 2.32. The van der Waals surface area contributed by atoms with Gasteiger partial charge < -0.3 is 10.1 Å². The number of nitrogens with one attached hydrogen (secondary N) is 1. The first-order valence-corrected chi connectivity index (χ1v) is 8.52. The molecule has 7 heteroatoms. The van der Waals surface area contributed by atoms with Gasteiger partial charge in [-0.05, 0) is 42.0 Å². The predicted molar refractivity (Wildman–Crippen MR) is 97.2 cm³/mol. The van der Waals surface area contributed by atoms with Gasteiger partial charge in [-0.1, -0.05) is 35.3 Å². The molecule has 1 unspecified atom stereocenters. The number of halogens is 2. The van der Waals surface area contributed by atoms with Crippen molar-refractivity contribution < 1.29 is 14.3 Å². The lowest BCUT2D eigenvalue weighted by molar-refractivity contribution is -0.120. The van der Waals surface area contributed by atoms with Gasteiger partial charge in [-0.25, -0.2) is 4.79 Å². The molecule has 0 aromatic heterocycles. The largest absolute Gasteiger partial charge is 0.442 e. The normalized spacial score (nSPS) is 16.6. The Balaban J connectivity index is 1.50. The third-order valence-electron chi connectivity index (χ3n) is 3.82. The van der Waals surface area contributed by atoms with Crippen molar-refractivity contribution in [3.8, 4) is 0 Å². The number of amides is 2. The molecule has 3 rings (SSSR count). The first-order valence-electron chi connectivity index (χ1n) is 7.76. The van der Waals surface area contributed by atoms with Crippen LogP contribution in [0.15, 0.2) is 48.5 Å². The summed E-state index contributed by atoms with van der Waals surface area (Å²) < 4.78 is 5.30. The van der Waals surface area contributed by atoms with E-state index in [0.29, 0.717) is 22.3 Å². The van der Waals surface area contributed by atoms with E-state index in [4.69, 9.17) is 27.9 Å². The standard InChI is InChI=1S/C18H16Cl2N2O3/c19-13-3-1-12(2-4-13)9-17(23)21-10-16-11-22(18(24)25-16)15-7-5-14(20)6-8-15/h1-8,16H,9-11H2,(H,21,23). The topological polar surface area (TPSA) is 58.6 Å². The zero-order chi connectivity index (χ0) is 17.8. The number of carbonyl (C=O) groups excluding carboxylic acids is 2. The molecule has 1 fully saturated rings. The first-order chi connectivity index (χ1) is 12.0. The zero-order valence-corrected chi connectivity index (χ0v) is 14.8. The average Bonchev–Trinajstić information content (AvgIpc) is 2.97. The number of cyclic esters (lactones) is 1. The molecule has 1 heterocycles. The van der Waals surface area contributed by atoms with Crippen molar-refractivity contribution >= 4 is 40.9 Å². The number of benzene rings is 2. The Morgan fingerprint density at radius 1 is 1.08 bits per heavy atom. The van der Waals surface area contributed by atoms with Crippen LogP contribution in [0.4, 0.5) is 10.5 Å². The van der Waals surface area contributed by atoms with E-state index in [9.17, 15) is 9.59 Å². The summed E-state index contributed by atoms with van der Waals surface area (Å²) in [5, 5.41) is 4.02. The van der Waals surface area contributed by atoms with Crippen LogP contribution in [0.3, 0.4) is 0 Å². The minimum absolute atomic E-state index is 0.136. The monoisotopic (exact) mass is 378 g/mol. The molecule has 130 valence electrons. The second kappa shape index (κ2) is 7.76. The lowest BCUT2D eigenvalue weighted by Crippen LogP contribution is -2.35. The van der Waals surface area contributed by atoms with Crippen molar-refractivity contribution in [1.82, 2.24) is 5.32 Å². The van der Waals surface area contributed by atoms with Crippen LogP contribution in [0, 0.1) is 0 Å². The fourth-order valence-electron chi connectivity index (χ4n) is 2.54. The maximum Gasteiger partial charge on any atom is 0.414 e. The van der Waals surface area contributed by atoms with Gasteiger partial charge >= 0.3 is 6.09 Å². The zero-order valence-electron chi connectivity index (χ0n) is 13.2. The number of hydrogen-bond donors (Lipinski definition) is 1. The van der Waals surface area contributed by atoms with Crippen LogP contribution in [0.5, 0.6) is 0 Å². The van der Waals surface area contributed by atoms with E-state index < -0.39 is 12.2 Å². The average molecular weight is 379 g/mol. The molecule has 1 N–H and O–H groups in total. The minimum atomic E-state index is -0.431. The Labute approximate surface area is 155 Å². The maximum atomic E-state index is 12.0. The van der Waals surface area contributed by atoms with E-state index in [1.54, 1.807) is 48.5 Å². The summed E-state index contributed by atoms with van der Waals surface area (Å²) in [4.78, 5) is 25.5. The Morgan fingerprint density at radius 3 is 2.32 bits per heavy atom. The number of carbonyl (C=O) groups is 2. The molecule has 0 radical (unpaired) electrons. The Kier molecular flexibility index (Phi) is 5.46. The SMILES string of the molecule is O=C(Cc1ccc(Cl)cc1)NCC1CN(c2ccc(Cl)cc2)C(=O)O1. The maximum absolute atomic E-state index is 12.0. The lowest BCUT2D eigenvalue weighted by Gasteiger charge is -2.13.